The smallest absolute Gasteiger partial charge is 0.251 e. The van der Waals surface area contributed by atoms with E-state index in [1.807, 2.05) is 47.4 Å². The van der Waals surface area contributed by atoms with E-state index in [0.717, 1.165) is 17.0 Å². The third kappa shape index (κ3) is 5.37. The highest BCUT2D eigenvalue weighted by Crippen LogP contribution is 2.32. The molecule has 0 radical (unpaired) electrons. The first-order valence-electron chi connectivity index (χ1n) is 11.7. The van der Waals surface area contributed by atoms with Crippen molar-refractivity contribution in [3.63, 3.8) is 0 Å². The molecule has 0 unspecified atom stereocenters. The predicted molar refractivity (Wildman–Crippen MR) is 139 cm³/mol. The van der Waals surface area contributed by atoms with Gasteiger partial charge in [0.25, 0.3) is 5.91 Å². The predicted octanol–water partition coefficient (Wildman–Crippen LogP) is 4.54. The molecule has 1 saturated heterocycles. The molecule has 1 fully saturated rings. The molecule has 0 aromatic heterocycles. The van der Waals surface area contributed by atoms with E-state index in [1.54, 1.807) is 18.2 Å². The van der Waals surface area contributed by atoms with Crippen molar-refractivity contribution in [1.82, 2.24) is 10.2 Å². The lowest BCUT2D eigenvalue weighted by atomic mass is 10.1. The molecule has 2 aliphatic heterocycles. The average molecular weight is 526 g/mol. The highest BCUT2D eigenvalue weighted by molar-refractivity contribution is 6.36. The molecule has 7 nitrogen and oxygen atoms in total. The number of halogens is 2. The van der Waals surface area contributed by atoms with Gasteiger partial charge in [0.15, 0.2) is 11.5 Å². The molecule has 0 atom stereocenters. The summed E-state index contributed by atoms with van der Waals surface area (Å²) in [6.07, 6.45) is 0.189. The van der Waals surface area contributed by atoms with Crippen molar-refractivity contribution in [2.75, 3.05) is 37.9 Å². The summed E-state index contributed by atoms with van der Waals surface area (Å²) in [5.74, 6) is 1.28. The highest BCUT2D eigenvalue weighted by Gasteiger charge is 2.23. The zero-order valence-corrected chi connectivity index (χ0v) is 21.0. The van der Waals surface area contributed by atoms with Crippen LogP contribution >= 0.6 is 23.2 Å². The quantitative estimate of drug-likeness (QED) is 0.511. The number of hydrogen-bond donors (Lipinski definition) is 1. The second-order valence-electron chi connectivity index (χ2n) is 8.66. The number of carbonyl (C=O) groups is 2. The van der Waals surface area contributed by atoms with Crippen LogP contribution in [0.25, 0.3) is 0 Å². The van der Waals surface area contributed by atoms with Crippen LogP contribution in [0.3, 0.4) is 0 Å². The number of rotatable bonds is 6. The Hall–Kier alpha value is -3.42. The lowest BCUT2D eigenvalue weighted by Gasteiger charge is -2.36. The standard InChI is InChI=1S/C27H25Cl2N3O4/c28-22-2-1-3-23(29)21(22)15-26(33)32-12-10-31(11-13-32)20-7-5-19(6-8-20)27(34)30-16-18-4-9-24-25(14-18)36-17-35-24/h1-9,14H,10-13,15-17H2,(H,30,34). The van der Waals surface area contributed by atoms with Crippen LogP contribution in [0, 0.1) is 0 Å². The number of fused-ring (bicyclic) bond motifs is 1. The Morgan fingerprint density at radius 2 is 1.56 bits per heavy atom. The summed E-state index contributed by atoms with van der Waals surface area (Å²) >= 11 is 12.4. The Kier molecular flexibility index (Phi) is 7.20. The van der Waals surface area contributed by atoms with Crippen LogP contribution in [-0.4, -0.2) is 49.7 Å². The van der Waals surface area contributed by atoms with Crippen LogP contribution in [0.1, 0.15) is 21.5 Å². The molecule has 2 aliphatic rings. The maximum atomic E-state index is 12.8. The largest absolute Gasteiger partial charge is 0.454 e. The fourth-order valence-electron chi connectivity index (χ4n) is 4.34. The third-order valence-electron chi connectivity index (χ3n) is 6.41. The molecule has 0 aliphatic carbocycles. The third-order valence-corrected chi connectivity index (χ3v) is 7.11. The molecule has 2 amide bonds. The number of amides is 2. The van der Waals surface area contributed by atoms with Gasteiger partial charge in [-0.05, 0) is 59.7 Å². The Labute approximate surface area is 219 Å². The first kappa shape index (κ1) is 24.3. The van der Waals surface area contributed by atoms with Crippen LogP contribution < -0.4 is 19.7 Å². The number of nitrogens with one attached hydrogen (secondary N) is 1. The fourth-order valence-corrected chi connectivity index (χ4v) is 4.87. The molecular formula is C27H25Cl2N3O4. The Morgan fingerprint density at radius 3 is 2.28 bits per heavy atom. The normalized spacial score (nSPS) is 14.6. The van der Waals surface area contributed by atoms with Crippen LogP contribution in [0.15, 0.2) is 60.7 Å². The van der Waals surface area contributed by atoms with Gasteiger partial charge in [-0.2, -0.15) is 0 Å². The summed E-state index contributed by atoms with van der Waals surface area (Å²) in [5.41, 5.74) is 3.21. The van der Waals surface area contributed by atoms with Gasteiger partial charge in [-0.15, -0.1) is 0 Å². The van der Waals surface area contributed by atoms with E-state index < -0.39 is 0 Å². The molecule has 0 spiro atoms. The molecule has 186 valence electrons. The van der Waals surface area contributed by atoms with E-state index >= 15 is 0 Å². The van der Waals surface area contributed by atoms with E-state index in [-0.39, 0.29) is 25.0 Å². The lowest BCUT2D eigenvalue weighted by molar-refractivity contribution is -0.130. The van der Waals surface area contributed by atoms with Gasteiger partial charge in [0.05, 0.1) is 6.42 Å². The molecule has 3 aromatic rings. The summed E-state index contributed by atoms with van der Waals surface area (Å²) in [6.45, 7) is 3.25. The number of ether oxygens (including phenoxy) is 2. The number of nitrogens with zero attached hydrogens (tertiary/aromatic N) is 2. The number of hydrogen-bond acceptors (Lipinski definition) is 5. The van der Waals surface area contributed by atoms with Gasteiger partial charge in [0.2, 0.25) is 12.7 Å². The molecular weight excluding hydrogens is 501 g/mol. The van der Waals surface area contributed by atoms with Gasteiger partial charge in [0.1, 0.15) is 0 Å². The summed E-state index contributed by atoms with van der Waals surface area (Å²) in [6, 6.07) is 18.4. The molecule has 0 saturated carbocycles. The maximum Gasteiger partial charge on any atom is 0.251 e. The van der Waals surface area contributed by atoms with Crippen molar-refractivity contribution in [3.05, 3.63) is 87.4 Å². The molecule has 0 bridgehead atoms. The van der Waals surface area contributed by atoms with Crippen LogP contribution in [0.5, 0.6) is 11.5 Å². The average Bonchev–Trinajstić information content (AvgIpc) is 3.38. The van der Waals surface area contributed by atoms with Crippen molar-refractivity contribution < 1.29 is 19.1 Å². The van der Waals surface area contributed by atoms with Crippen molar-refractivity contribution in [3.8, 4) is 11.5 Å². The number of piperazine rings is 1. The molecule has 5 rings (SSSR count). The minimum Gasteiger partial charge on any atom is -0.454 e. The number of anilines is 1. The Morgan fingerprint density at radius 1 is 0.861 bits per heavy atom. The first-order valence-corrected chi connectivity index (χ1v) is 12.5. The number of carbonyl (C=O) groups excluding carboxylic acids is 2. The van der Waals surface area contributed by atoms with Gasteiger partial charge in [-0.3, -0.25) is 9.59 Å². The van der Waals surface area contributed by atoms with Gasteiger partial charge in [0, 0.05) is 54.0 Å². The second kappa shape index (κ2) is 10.7. The van der Waals surface area contributed by atoms with Gasteiger partial charge >= 0.3 is 0 Å². The summed E-state index contributed by atoms with van der Waals surface area (Å²) in [7, 11) is 0. The Balaban J connectivity index is 1.12. The van der Waals surface area contributed by atoms with E-state index in [4.69, 9.17) is 32.7 Å². The minimum absolute atomic E-state index is 0.0131. The van der Waals surface area contributed by atoms with Gasteiger partial charge < -0.3 is 24.6 Å². The van der Waals surface area contributed by atoms with Gasteiger partial charge in [-0.1, -0.05) is 35.3 Å². The molecule has 2 heterocycles. The molecule has 9 heteroatoms. The topological polar surface area (TPSA) is 71.1 Å². The number of benzene rings is 3. The molecule has 1 N–H and O–H groups in total. The first-order chi connectivity index (χ1) is 17.5. The van der Waals surface area contributed by atoms with Crippen molar-refractivity contribution in [2.45, 2.75) is 13.0 Å². The van der Waals surface area contributed by atoms with E-state index in [9.17, 15) is 9.59 Å². The van der Waals surface area contributed by atoms with Crippen molar-refractivity contribution in [1.29, 1.82) is 0 Å². The highest BCUT2D eigenvalue weighted by atomic mass is 35.5. The van der Waals surface area contributed by atoms with Crippen LogP contribution in [0.4, 0.5) is 5.69 Å². The van der Waals surface area contributed by atoms with E-state index in [2.05, 4.69) is 10.2 Å². The second-order valence-corrected chi connectivity index (χ2v) is 9.48. The summed E-state index contributed by atoms with van der Waals surface area (Å²) < 4.78 is 10.7. The fraction of sp³-hybridized carbons (Fsp3) is 0.259. The zero-order chi connectivity index (χ0) is 25.1. The van der Waals surface area contributed by atoms with Gasteiger partial charge in [-0.25, -0.2) is 0 Å². The van der Waals surface area contributed by atoms with Crippen molar-refractivity contribution >= 4 is 40.7 Å². The lowest BCUT2D eigenvalue weighted by Crippen LogP contribution is -2.49. The summed E-state index contributed by atoms with van der Waals surface area (Å²) in [5, 5.41) is 3.96. The van der Waals surface area contributed by atoms with Crippen molar-refractivity contribution in [2.24, 2.45) is 0 Å². The zero-order valence-electron chi connectivity index (χ0n) is 19.5. The Bertz CT molecular complexity index is 1250. The minimum atomic E-state index is -0.145. The van der Waals surface area contributed by atoms with E-state index in [1.165, 1.54) is 0 Å². The SMILES string of the molecule is O=C(NCc1ccc2c(c1)OCO2)c1ccc(N2CCN(C(=O)Cc3c(Cl)cccc3Cl)CC2)cc1. The molecule has 3 aromatic carbocycles. The van der Waals surface area contributed by atoms with Crippen LogP contribution in [-0.2, 0) is 17.8 Å². The molecule has 36 heavy (non-hydrogen) atoms. The maximum absolute atomic E-state index is 12.8. The monoisotopic (exact) mass is 525 g/mol. The summed E-state index contributed by atoms with van der Waals surface area (Å²) in [4.78, 5) is 29.4. The van der Waals surface area contributed by atoms with E-state index in [0.29, 0.717) is 59.6 Å². The van der Waals surface area contributed by atoms with Crippen LogP contribution in [0.2, 0.25) is 10.0 Å².